The summed E-state index contributed by atoms with van der Waals surface area (Å²) >= 11 is 0. The fourth-order valence-corrected chi connectivity index (χ4v) is 4.72. The third-order valence-electron chi connectivity index (χ3n) is 6.37. The van der Waals surface area contributed by atoms with Crippen molar-refractivity contribution in [3.8, 4) is 11.6 Å². The molecular weight excluding hydrogens is 506 g/mol. The van der Waals surface area contributed by atoms with E-state index in [1.54, 1.807) is 13.8 Å². The molecule has 2 fully saturated rings. The number of benzene rings is 1. The average Bonchev–Trinajstić information content (AvgIpc) is 2.78. The number of rotatable bonds is 6. The molecule has 2 aromatic rings. The van der Waals surface area contributed by atoms with Crippen LogP contribution in [0, 0.1) is 0 Å². The summed E-state index contributed by atoms with van der Waals surface area (Å²) in [6.07, 6.45) is -5.37. The summed E-state index contributed by atoms with van der Waals surface area (Å²) < 4.78 is 90.3. The lowest BCUT2D eigenvalue weighted by Gasteiger charge is -2.52. The number of aromatic nitrogens is 1. The Hall–Kier alpha value is -3.02. The number of ether oxygens (including phenoxy) is 2. The molecule has 6 nitrogen and oxygen atoms in total. The zero-order chi connectivity index (χ0) is 27.0. The van der Waals surface area contributed by atoms with Gasteiger partial charge in [-0.05, 0) is 63.8 Å². The lowest BCUT2D eigenvalue weighted by atomic mass is 9.83. The highest BCUT2D eigenvalue weighted by Gasteiger charge is 2.51. The number of hydroxylamine groups is 2. The Kier molecular flexibility index (Phi) is 7.33. The molecule has 12 heteroatoms. The van der Waals surface area contributed by atoms with Gasteiger partial charge in [-0.2, -0.15) is 26.3 Å². The maximum absolute atomic E-state index is 13.4. The fraction of sp³-hybridized carbons (Fsp3) is 0.520. The van der Waals surface area contributed by atoms with Gasteiger partial charge in [0, 0.05) is 25.1 Å². The summed E-state index contributed by atoms with van der Waals surface area (Å²) in [5, 5.41) is 1.52. The molecule has 4 rings (SSSR count). The summed E-state index contributed by atoms with van der Waals surface area (Å²) in [6.45, 7) is 3.14. The molecule has 0 saturated carbocycles. The van der Waals surface area contributed by atoms with Gasteiger partial charge in [-0.15, -0.1) is 0 Å². The molecule has 2 bridgehead atoms. The van der Waals surface area contributed by atoms with Gasteiger partial charge < -0.3 is 14.3 Å². The predicted octanol–water partition coefficient (Wildman–Crippen LogP) is 6.79. The van der Waals surface area contributed by atoms with Crippen LogP contribution in [0.2, 0.25) is 0 Å². The Labute approximate surface area is 209 Å². The second-order valence-corrected chi connectivity index (χ2v) is 9.45. The lowest BCUT2D eigenvalue weighted by molar-refractivity contribution is -0.287. The van der Waals surface area contributed by atoms with Gasteiger partial charge in [-0.3, -0.25) is 0 Å². The van der Waals surface area contributed by atoms with Crippen LogP contribution < -0.4 is 9.57 Å². The second-order valence-electron chi connectivity index (χ2n) is 9.45. The third-order valence-corrected chi connectivity index (χ3v) is 6.37. The molecule has 1 aromatic heterocycles. The van der Waals surface area contributed by atoms with Crippen molar-refractivity contribution < 1.29 is 45.4 Å². The van der Waals surface area contributed by atoms with Crippen LogP contribution in [0.3, 0.4) is 0 Å². The molecule has 3 heterocycles. The number of hydrogen-bond acceptors (Lipinski definition) is 6. The minimum atomic E-state index is -4.69. The van der Waals surface area contributed by atoms with Crippen LogP contribution in [0.15, 0.2) is 36.5 Å². The van der Waals surface area contributed by atoms with E-state index in [9.17, 15) is 31.1 Å². The van der Waals surface area contributed by atoms with Crippen LogP contribution in [0.1, 0.15) is 73.9 Å². The van der Waals surface area contributed by atoms with E-state index in [1.807, 2.05) is 0 Å². The fourth-order valence-electron chi connectivity index (χ4n) is 4.72. The van der Waals surface area contributed by atoms with Gasteiger partial charge in [0.15, 0.2) is 11.5 Å². The highest BCUT2D eigenvalue weighted by Crippen LogP contribution is 2.44. The molecule has 0 atom stereocenters. The number of fused-ring (bicyclic) bond motifs is 2. The van der Waals surface area contributed by atoms with Crippen LogP contribution in [0.4, 0.5) is 26.3 Å². The van der Waals surface area contributed by atoms with Crippen molar-refractivity contribution in [3.05, 3.63) is 53.2 Å². The molecule has 0 aliphatic carbocycles. The van der Waals surface area contributed by atoms with Crippen LogP contribution >= 0.6 is 0 Å². The average molecular weight is 532 g/mol. The van der Waals surface area contributed by atoms with Crippen molar-refractivity contribution in [2.45, 2.75) is 82.6 Å². The lowest BCUT2D eigenvalue weighted by Crippen LogP contribution is -2.63. The maximum Gasteiger partial charge on any atom is 0.417 e. The standard InChI is InChI=1S/C25H26F6N2O4/c1-15(2)35-22(34)19-13-16(24(26,27)28)7-9-20(19)37-33-18-5-3-11-23(33,12-4-6-18)36-21-10-8-17(14-32-21)25(29,30)31/h7-10,13-15,18H,3-6,11-12H2,1-2H3. The molecule has 0 spiro atoms. The summed E-state index contributed by atoms with van der Waals surface area (Å²) in [6, 6.07) is 4.36. The van der Waals surface area contributed by atoms with E-state index in [0.29, 0.717) is 37.9 Å². The topological polar surface area (TPSA) is 60.9 Å². The first-order valence-electron chi connectivity index (χ1n) is 11.9. The molecule has 0 radical (unpaired) electrons. The first kappa shape index (κ1) is 27.0. The van der Waals surface area contributed by atoms with E-state index in [0.717, 1.165) is 37.1 Å². The highest BCUT2D eigenvalue weighted by molar-refractivity contribution is 5.93. The quantitative estimate of drug-likeness (QED) is 0.302. The van der Waals surface area contributed by atoms with Gasteiger partial charge in [0.25, 0.3) is 0 Å². The number of halogens is 6. The van der Waals surface area contributed by atoms with E-state index in [-0.39, 0.29) is 17.7 Å². The summed E-state index contributed by atoms with van der Waals surface area (Å²) in [5.41, 5.74) is -3.48. The molecular formula is C25H26F6N2O4. The summed E-state index contributed by atoms with van der Waals surface area (Å²) in [7, 11) is 0. The summed E-state index contributed by atoms with van der Waals surface area (Å²) in [5.74, 6) is -1.16. The molecule has 37 heavy (non-hydrogen) atoms. The Morgan fingerprint density at radius 2 is 1.62 bits per heavy atom. The smallest absolute Gasteiger partial charge is 0.417 e. The monoisotopic (exact) mass is 532 g/mol. The van der Waals surface area contributed by atoms with Crippen molar-refractivity contribution in [2.75, 3.05) is 0 Å². The molecule has 2 aliphatic heterocycles. The zero-order valence-electron chi connectivity index (χ0n) is 20.2. The van der Waals surface area contributed by atoms with Gasteiger partial charge in [0.2, 0.25) is 5.88 Å². The molecule has 2 aliphatic rings. The van der Waals surface area contributed by atoms with Crippen molar-refractivity contribution in [3.63, 3.8) is 0 Å². The number of carbonyl (C=O) groups excluding carboxylic acids is 1. The number of nitrogens with zero attached hydrogens (tertiary/aromatic N) is 2. The Balaban J connectivity index is 1.67. The van der Waals surface area contributed by atoms with Crippen LogP contribution in [-0.2, 0) is 17.1 Å². The van der Waals surface area contributed by atoms with Gasteiger partial charge >= 0.3 is 18.3 Å². The van der Waals surface area contributed by atoms with Crippen molar-refractivity contribution >= 4 is 5.97 Å². The Morgan fingerprint density at radius 3 is 2.16 bits per heavy atom. The highest BCUT2D eigenvalue weighted by atomic mass is 19.4. The SMILES string of the molecule is CC(C)OC(=O)c1cc(C(F)(F)F)ccc1ON1C2CCCC1(Oc1ccc(C(F)(F)F)cn1)CCC2. The van der Waals surface area contributed by atoms with Crippen molar-refractivity contribution in [1.29, 1.82) is 0 Å². The number of pyridine rings is 1. The molecule has 202 valence electrons. The Bertz CT molecular complexity index is 1110. The minimum absolute atomic E-state index is 0.0454. The second kappa shape index (κ2) is 10.0. The van der Waals surface area contributed by atoms with Gasteiger partial charge in [0.05, 0.1) is 23.3 Å². The first-order chi connectivity index (χ1) is 17.3. The molecule has 0 amide bonds. The van der Waals surface area contributed by atoms with Gasteiger partial charge in [-0.25, -0.2) is 9.78 Å². The van der Waals surface area contributed by atoms with Gasteiger partial charge in [0.1, 0.15) is 5.56 Å². The van der Waals surface area contributed by atoms with E-state index in [2.05, 4.69) is 4.98 Å². The van der Waals surface area contributed by atoms with E-state index >= 15 is 0 Å². The normalized spacial score (nSPS) is 22.6. The largest absolute Gasteiger partial charge is 0.459 e. The van der Waals surface area contributed by atoms with Crippen LogP contribution in [0.5, 0.6) is 11.6 Å². The summed E-state index contributed by atoms with van der Waals surface area (Å²) in [4.78, 5) is 22.6. The number of hydrogen-bond donors (Lipinski definition) is 0. The molecule has 2 saturated heterocycles. The van der Waals surface area contributed by atoms with Gasteiger partial charge in [-0.1, -0.05) is 5.06 Å². The first-order valence-corrected chi connectivity index (χ1v) is 11.9. The number of alkyl halides is 6. The third kappa shape index (κ3) is 5.94. The van der Waals surface area contributed by atoms with E-state index in [4.69, 9.17) is 14.3 Å². The van der Waals surface area contributed by atoms with Crippen LogP contribution in [0.25, 0.3) is 0 Å². The maximum atomic E-state index is 13.4. The molecule has 1 aromatic carbocycles. The number of piperidine rings is 2. The van der Waals surface area contributed by atoms with E-state index in [1.165, 1.54) is 5.06 Å². The van der Waals surface area contributed by atoms with Crippen molar-refractivity contribution in [1.82, 2.24) is 10.0 Å². The molecule has 0 N–H and O–H groups in total. The number of esters is 1. The van der Waals surface area contributed by atoms with Crippen LogP contribution in [-0.4, -0.2) is 33.9 Å². The predicted molar refractivity (Wildman–Crippen MR) is 119 cm³/mol. The van der Waals surface area contributed by atoms with Crippen molar-refractivity contribution in [2.24, 2.45) is 0 Å². The molecule has 0 unspecified atom stereocenters. The number of carbonyl (C=O) groups is 1. The Morgan fingerprint density at radius 1 is 1.00 bits per heavy atom. The minimum Gasteiger partial charge on any atom is -0.459 e. The zero-order valence-corrected chi connectivity index (χ0v) is 20.2. The van der Waals surface area contributed by atoms with E-state index < -0.39 is 46.8 Å².